The lowest BCUT2D eigenvalue weighted by molar-refractivity contribution is -0.128. The highest BCUT2D eigenvalue weighted by molar-refractivity contribution is 5.91. The lowest BCUT2D eigenvalue weighted by Gasteiger charge is -2.36. The van der Waals surface area contributed by atoms with E-state index < -0.39 is 17.6 Å². The van der Waals surface area contributed by atoms with Crippen LogP contribution in [0.3, 0.4) is 0 Å². The first-order chi connectivity index (χ1) is 17.5. The fourth-order valence-electron chi connectivity index (χ4n) is 4.01. The summed E-state index contributed by atoms with van der Waals surface area (Å²) in [4.78, 5) is 40.8. The van der Waals surface area contributed by atoms with Gasteiger partial charge in [0.1, 0.15) is 6.33 Å². The molecule has 4 rings (SSSR count). The maximum absolute atomic E-state index is 13.2. The van der Waals surface area contributed by atoms with Crippen LogP contribution >= 0.6 is 0 Å². The van der Waals surface area contributed by atoms with Crippen LogP contribution in [0.2, 0.25) is 0 Å². The number of hydrogen-bond acceptors (Lipinski definition) is 8. The molecule has 37 heavy (non-hydrogen) atoms. The normalized spacial score (nSPS) is 14.0. The molecule has 3 heterocycles. The van der Waals surface area contributed by atoms with Crippen molar-refractivity contribution in [2.75, 3.05) is 31.1 Å². The van der Waals surface area contributed by atoms with Crippen molar-refractivity contribution in [2.45, 2.75) is 39.7 Å². The summed E-state index contributed by atoms with van der Waals surface area (Å²) in [7, 11) is 0. The fourth-order valence-corrected chi connectivity index (χ4v) is 4.01. The Bertz CT molecular complexity index is 1320. The maximum Gasteiger partial charge on any atom is 0.292 e. The number of carbonyl (C=O) groups excluding carboxylic acids is 2. The van der Waals surface area contributed by atoms with Crippen LogP contribution in [-0.4, -0.2) is 63.0 Å². The van der Waals surface area contributed by atoms with Gasteiger partial charge in [0.15, 0.2) is 5.83 Å². The second-order valence-corrected chi connectivity index (χ2v) is 9.94. The Hall–Kier alpha value is -4.15. The topological polar surface area (TPSA) is 117 Å². The number of piperazine rings is 1. The number of benzene rings is 1. The van der Waals surface area contributed by atoms with Crippen molar-refractivity contribution in [3.8, 4) is 11.3 Å². The number of anilines is 1. The molecule has 1 N–H and O–H groups in total. The molecule has 11 heteroatoms. The van der Waals surface area contributed by atoms with Gasteiger partial charge in [-0.15, -0.1) is 0 Å². The van der Waals surface area contributed by atoms with Crippen LogP contribution in [-0.2, 0) is 16.8 Å². The van der Waals surface area contributed by atoms with Crippen molar-refractivity contribution in [2.24, 2.45) is 0 Å². The number of aromatic nitrogens is 4. The summed E-state index contributed by atoms with van der Waals surface area (Å²) in [5.41, 5.74) is 4.06. The summed E-state index contributed by atoms with van der Waals surface area (Å²) in [6.07, 6.45) is 3.24. The second-order valence-electron chi connectivity index (χ2n) is 9.94. The van der Waals surface area contributed by atoms with Crippen molar-refractivity contribution in [3.63, 3.8) is 0 Å². The summed E-state index contributed by atoms with van der Waals surface area (Å²) >= 11 is 0. The molecule has 0 unspecified atom stereocenters. The van der Waals surface area contributed by atoms with E-state index in [2.05, 4.69) is 36.9 Å². The molecule has 194 valence electrons. The number of halogens is 1. The van der Waals surface area contributed by atoms with Crippen LogP contribution in [0.5, 0.6) is 0 Å². The van der Waals surface area contributed by atoms with E-state index in [0.29, 0.717) is 38.6 Å². The van der Waals surface area contributed by atoms with E-state index in [1.54, 1.807) is 6.20 Å². The van der Waals surface area contributed by atoms with E-state index in [9.17, 15) is 14.0 Å². The van der Waals surface area contributed by atoms with Crippen molar-refractivity contribution >= 4 is 17.5 Å². The molecule has 0 atom stereocenters. The third-order valence-corrected chi connectivity index (χ3v) is 6.16. The lowest BCUT2D eigenvalue weighted by atomic mass is 9.97. The molecule has 0 radical (unpaired) electrons. The molecule has 1 aliphatic rings. The lowest BCUT2D eigenvalue weighted by Crippen LogP contribution is -2.49. The molecular weight excluding hydrogens is 477 g/mol. The molecular formula is C26H30FN7O3. The van der Waals surface area contributed by atoms with Crippen molar-refractivity contribution in [1.29, 1.82) is 0 Å². The highest BCUT2D eigenvalue weighted by Crippen LogP contribution is 2.30. The van der Waals surface area contributed by atoms with Gasteiger partial charge in [0.25, 0.3) is 17.6 Å². The van der Waals surface area contributed by atoms with Gasteiger partial charge >= 0.3 is 0 Å². The van der Waals surface area contributed by atoms with Gasteiger partial charge in [0, 0.05) is 43.7 Å². The number of carbonyl (C=O) groups is 2. The molecule has 0 spiro atoms. The van der Waals surface area contributed by atoms with Crippen molar-refractivity contribution in [1.82, 2.24) is 30.3 Å². The Morgan fingerprint density at radius 1 is 1.19 bits per heavy atom. The molecule has 1 saturated heterocycles. The molecule has 2 aromatic heterocycles. The van der Waals surface area contributed by atoms with E-state index in [0.717, 1.165) is 28.1 Å². The molecule has 0 saturated carbocycles. The van der Waals surface area contributed by atoms with Gasteiger partial charge in [-0.25, -0.2) is 14.4 Å². The van der Waals surface area contributed by atoms with Crippen molar-refractivity contribution in [3.05, 3.63) is 66.0 Å². The average molecular weight is 508 g/mol. The third-order valence-electron chi connectivity index (χ3n) is 6.16. The Kier molecular flexibility index (Phi) is 7.33. The third kappa shape index (κ3) is 5.82. The quantitative estimate of drug-likeness (QED) is 0.506. The summed E-state index contributed by atoms with van der Waals surface area (Å²) in [6, 6.07) is 5.89. The van der Waals surface area contributed by atoms with E-state index in [-0.39, 0.29) is 11.2 Å². The standard InChI is InChI=1S/C26H30FN7O3/c1-16-12-18(6-7-19(16)13-29-23(35)22-31-25(37-32-22)26(3,4)5)21-20(14-28-15-30-21)33-8-10-34(11-9-33)24(36)17(2)27/h6-7,12,14-15H,2,8-11,13H2,1,3-5H3,(H,29,35). The van der Waals surface area contributed by atoms with Gasteiger partial charge in [-0.2, -0.15) is 4.98 Å². The number of nitrogens with zero attached hydrogens (tertiary/aromatic N) is 6. The number of hydrogen-bond donors (Lipinski definition) is 1. The minimum Gasteiger partial charge on any atom is -0.365 e. The molecule has 2 amide bonds. The zero-order valence-corrected chi connectivity index (χ0v) is 21.4. The molecule has 1 aliphatic heterocycles. The van der Waals surface area contributed by atoms with Gasteiger partial charge < -0.3 is 19.6 Å². The van der Waals surface area contributed by atoms with Crippen LogP contribution in [0.4, 0.5) is 10.1 Å². The van der Waals surface area contributed by atoms with E-state index >= 15 is 0 Å². The second kappa shape index (κ2) is 10.5. The van der Waals surface area contributed by atoms with Crippen LogP contribution < -0.4 is 10.2 Å². The summed E-state index contributed by atoms with van der Waals surface area (Å²) < 4.78 is 18.4. The van der Waals surface area contributed by atoms with Crippen LogP contribution in [0, 0.1) is 6.92 Å². The Morgan fingerprint density at radius 2 is 1.92 bits per heavy atom. The SMILES string of the molecule is C=C(F)C(=O)N1CCN(c2cncnc2-c2ccc(CNC(=O)c3noc(C(C)(C)C)n3)c(C)c2)CC1. The number of aryl methyl sites for hydroxylation is 1. The monoisotopic (exact) mass is 507 g/mol. The molecule has 3 aromatic rings. The zero-order valence-electron chi connectivity index (χ0n) is 21.4. The summed E-state index contributed by atoms with van der Waals surface area (Å²) in [5.74, 6) is -1.62. The molecule has 10 nitrogen and oxygen atoms in total. The van der Waals surface area contributed by atoms with Gasteiger partial charge in [0.05, 0.1) is 17.6 Å². The highest BCUT2D eigenvalue weighted by atomic mass is 19.1. The first-order valence-electron chi connectivity index (χ1n) is 12.0. The first kappa shape index (κ1) is 25.9. The van der Waals surface area contributed by atoms with Crippen LogP contribution in [0.25, 0.3) is 11.3 Å². The van der Waals surface area contributed by atoms with Crippen LogP contribution in [0.1, 0.15) is 48.4 Å². The van der Waals surface area contributed by atoms with E-state index in [1.807, 2.05) is 45.9 Å². The summed E-state index contributed by atoms with van der Waals surface area (Å²) in [6.45, 7) is 13.0. The fraction of sp³-hybridized carbons (Fsp3) is 0.385. The van der Waals surface area contributed by atoms with E-state index in [1.165, 1.54) is 11.2 Å². The predicted molar refractivity (Wildman–Crippen MR) is 135 cm³/mol. The first-order valence-corrected chi connectivity index (χ1v) is 12.0. The highest BCUT2D eigenvalue weighted by Gasteiger charge is 2.26. The van der Waals surface area contributed by atoms with E-state index in [4.69, 9.17) is 4.52 Å². The Labute approximate surface area is 214 Å². The largest absolute Gasteiger partial charge is 0.365 e. The van der Waals surface area contributed by atoms with Gasteiger partial charge in [0.2, 0.25) is 5.89 Å². The molecule has 1 fully saturated rings. The molecule has 1 aromatic carbocycles. The number of nitrogens with one attached hydrogen (secondary N) is 1. The minimum atomic E-state index is -0.948. The predicted octanol–water partition coefficient (Wildman–Crippen LogP) is 3.19. The molecule has 0 aliphatic carbocycles. The van der Waals surface area contributed by atoms with Gasteiger partial charge in [-0.05, 0) is 24.1 Å². The Morgan fingerprint density at radius 3 is 2.54 bits per heavy atom. The minimum absolute atomic E-state index is 0.00227. The van der Waals surface area contributed by atoms with Gasteiger partial charge in [-0.1, -0.05) is 44.6 Å². The number of amides is 2. The maximum atomic E-state index is 13.2. The van der Waals surface area contributed by atoms with Crippen LogP contribution in [0.15, 0.2) is 47.7 Å². The molecule has 0 bridgehead atoms. The zero-order chi connectivity index (χ0) is 26.7. The average Bonchev–Trinajstić information content (AvgIpc) is 3.39. The summed E-state index contributed by atoms with van der Waals surface area (Å²) in [5, 5.41) is 6.63. The van der Waals surface area contributed by atoms with Crippen molar-refractivity contribution < 1.29 is 18.5 Å². The smallest absolute Gasteiger partial charge is 0.292 e. The Balaban J connectivity index is 1.45. The number of rotatable bonds is 6. The van der Waals surface area contributed by atoms with Gasteiger partial charge in [-0.3, -0.25) is 9.59 Å².